The first-order valence-corrected chi connectivity index (χ1v) is 7.40. The number of carboxylic acid groups (broad SMARTS) is 1. The lowest BCUT2D eigenvalue weighted by atomic mass is 10.1. The number of nitrogens with zero attached hydrogens (tertiary/aromatic N) is 2. The fraction of sp³-hybridized carbons (Fsp3) is 0.733. The van der Waals surface area contributed by atoms with Crippen LogP contribution in [0.15, 0.2) is 12.4 Å². The maximum Gasteiger partial charge on any atom is 0.346 e. The standard InChI is InChI=1S/C15H26N2O2/c1-3-4-5-6-7-8-9-10-14-16(2)11-12-17(14)13-15(18)19/h11-12H,3-10,13H2,1-2H3/p+1. The molecule has 19 heavy (non-hydrogen) atoms. The summed E-state index contributed by atoms with van der Waals surface area (Å²) in [4.78, 5) is 10.8. The van der Waals surface area contributed by atoms with Gasteiger partial charge in [0.2, 0.25) is 0 Å². The number of hydrogen-bond donors (Lipinski definition) is 1. The van der Waals surface area contributed by atoms with E-state index in [1.54, 1.807) is 0 Å². The van der Waals surface area contributed by atoms with Gasteiger partial charge < -0.3 is 5.11 Å². The molecule has 0 aromatic carbocycles. The largest absolute Gasteiger partial charge is 0.478 e. The monoisotopic (exact) mass is 267 g/mol. The van der Waals surface area contributed by atoms with Crippen molar-refractivity contribution in [2.24, 2.45) is 7.05 Å². The first kappa shape index (κ1) is 15.7. The third-order valence-corrected chi connectivity index (χ3v) is 3.52. The van der Waals surface area contributed by atoms with Gasteiger partial charge in [-0.2, -0.15) is 0 Å². The molecule has 108 valence electrons. The van der Waals surface area contributed by atoms with E-state index < -0.39 is 5.97 Å². The zero-order valence-electron chi connectivity index (χ0n) is 12.3. The van der Waals surface area contributed by atoms with Crippen molar-refractivity contribution >= 4 is 5.97 Å². The van der Waals surface area contributed by atoms with Crippen LogP contribution in [0.2, 0.25) is 0 Å². The van der Waals surface area contributed by atoms with Gasteiger partial charge in [0.05, 0.1) is 7.05 Å². The van der Waals surface area contributed by atoms with Gasteiger partial charge in [0.25, 0.3) is 5.82 Å². The summed E-state index contributed by atoms with van der Waals surface area (Å²) in [6.45, 7) is 2.29. The van der Waals surface area contributed by atoms with Gasteiger partial charge in [-0.05, 0) is 6.42 Å². The van der Waals surface area contributed by atoms with E-state index in [-0.39, 0.29) is 6.54 Å². The Morgan fingerprint density at radius 2 is 1.84 bits per heavy atom. The Morgan fingerprint density at radius 3 is 2.47 bits per heavy atom. The minimum Gasteiger partial charge on any atom is -0.478 e. The van der Waals surface area contributed by atoms with Crippen molar-refractivity contribution in [3.05, 3.63) is 18.2 Å². The summed E-state index contributed by atoms with van der Waals surface area (Å²) in [5, 5.41) is 8.86. The van der Waals surface area contributed by atoms with Crippen LogP contribution in [0.4, 0.5) is 0 Å². The second-order valence-electron chi connectivity index (χ2n) is 5.22. The number of unbranched alkanes of at least 4 members (excludes halogenated alkanes) is 6. The van der Waals surface area contributed by atoms with Crippen molar-refractivity contribution in [2.75, 3.05) is 0 Å². The maximum absolute atomic E-state index is 10.8. The molecule has 1 heterocycles. The van der Waals surface area contributed by atoms with Crippen molar-refractivity contribution in [1.29, 1.82) is 0 Å². The Hall–Kier alpha value is -1.32. The van der Waals surface area contributed by atoms with E-state index >= 15 is 0 Å². The summed E-state index contributed by atoms with van der Waals surface area (Å²) in [7, 11) is 1.98. The minimum absolute atomic E-state index is 0.0622. The van der Waals surface area contributed by atoms with Crippen LogP contribution in [0.5, 0.6) is 0 Å². The predicted octanol–water partition coefficient (Wildman–Crippen LogP) is 2.69. The summed E-state index contributed by atoms with van der Waals surface area (Å²) in [5.74, 6) is 0.327. The summed E-state index contributed by atoms with van der Waals surface area (Å²) >= 11 is 0. The molecule has 4 heteroatoms. The number of hydrogen-bond acceptors (Lipinski definition) is 1. The average Bonchev–Trinajstić information content (AvgIpc) is 2.69. The van der Waals surface area contributed by atoms with Crippen LogP contribution in [0, 0.1) is 0 Å². The predicted molar refractivity (Wildman–Crippen MR) is 74.9 cm³/mol. The average molecular weight is 267 g/mol. The van der Waals surface area contributed by atoms with Crippen LogP contribution in [0.3, 0.4) is 0 Å². The molecule has 0 atom stereocenters. The molecular formula is C15H27N2O2+. The molecule has 0 amide bonds. The van der Waals surface area contributed by atoms with Gasteiger partial charge in [-0.15, -0.1) is 0 Å². The van der Waals surface area contributed by atoms with E-state index in [4.69, 9.17) is 5.11 Å². The lowest BCUT2D eigenvalue weighted by Gasteiger charge is -2.02. The number of aryl methyl sites for hydroxylation is 1. The van der Waals surface area contributed by atoms with Gasteiger partial charge in [0, 0.05) is 6.42 Å². The SMILES string of the molecule is CCCCCCCCCc1n(CC(=O)O)cc[n+]1C. The van der Waals surface area contributed by atoms with E-state index in [1.807, 2.05) is 28.6 Å². The van der Waals surface area contributed by atoms with Crippen LogP contribution >= 0.6 is 0 Å². The molecule has 4 nitrogen and oxygen atoms in total. The van der Waals surface area contributed by atoms with Crippen molar-refractivity contribution < 1.29 is 14.5 Å². The smallest absolute Gasteiger partial charge is 0.346 e. The number of rotatable bonds is 10. The molecule has 1 aromatic heterocycles. The molecule has 0 saturated carbocycles. The molecule has 0 bridgehead atoms. The van der Waals surface area contributed by atoms with Crippen LogP contribution < -0.4 is 4.57 Å². The van der Waals surface area contributed by atoms with Gasteiger partial charge in [0.15, 0.2) is 6.54 Å². The molecule has 0 unspecified atom stereocenters. The molecule has 0 spiro atoms. The zero-order valence-corrected chi connectivity index (χ0v) is 12.3. The van der Waals surface area contributed by atoms with E-state index in [0.29, 0.717) is 0 Å². The van der Waals surface area contributed by atoms with Crippen LogP contribution in [-0.2, 0) is 24.8 Å². The minimum atomic E-state index is -0.781. The van der Waals surface area contributed by atoms with Crippen molar-refractivity contribution in [3.8, 4) is 0 Å². The van der Waals surface area contributed by atoms with E-state index in [0.717, 1.165) is 18.7 Å². The lowest BCUT2D eigenvalue weighted by Crippen LogP contribution is -2.32. The molecule has 0 radical (unpaired) electrons. The van der Waals surface area contributed by atoms with Gasteiger partial charge in [0.1, 0.15) is 12.4 Å². The van der Waals surface area contributed by atoms with Gasteiger partial charge in [-0.1, -0.05) is 45.4 Å². The molecule has 0 fully saturated rings. The van der Waals surface area contributed by atoms with Crippen molar-refractivity contribution in [1.82, 2.24) is 4.57 Å². The number of imidazole rings is 1. The number of carbonyl (C=O) groups is 1. The second kappa shape index (κ2) is 8.73. The summed E-state index contributed by atoms with van der Waals surface area (Å²) in [6, 6.07) is 0. The third kappa shape index (κ3) is 5.90. The van der Waals surface area contributed by atoms with Gasteiger partial charge >= 0.3 is 5.97 Å². The second-order valence-corrected chi connectivity index (χ2v) is 5.22. The zero-order chi connectivity index (χ0) is 14.1. The molecule has 0 aliphatic rings. The Balaban J connectivity index is 2.28. The third-order valence-electron chi connectivity index (χ3n) is 3.52. The number of aromatic nitrogens is 2. The Labute approximate surface area is 116 Å². The lowest BCUT2D eigenvalue weighted by molar-refractivity contribution is -0.678. The Bertz CT molecular complexity index is 385. The van der Waals surface area contributed by atoms with E-state index in [9.17, 15) is 4.79 Å². The van der Waals surface area contributed by atoms with E-state index in [2.05, 4.69) is 6.92 Å². The summed E-state index contributed by atoms with van der Waals surface area (Å²) in [6.07, 6.45) is 13.7. The molecule has 0 saturated heterocycles. The first-order chi connectivity index (χ1) is 9.15. The number of aliphatic carboxylic acids is 1. The van der Waals surface area contributed by atoms with Gasteiger partial charge in [-0.25, -0.2) is 13.9 Å². The molecule has 0 aliphatic carbocycles. The topological polar surface area (TPSA) is 46.1 Å². The Morgan fingerprint density at radius 1 is 1.21 bits per heavy atom. The van der Waals surface area contributed by atoms with Gasteiger partial charge in [-0.3, -0.25) is 0 Å². The number of carboxylic acids is 1. The van der Waals surface area contributed by atoms with Crippen molar-refractivity contribution in [2.45, 2.75) is 64.8 Å². The fourth-order valence-corrected chi connectivity index (χ4v) is 2.41. The van der Waals surface area contributed by atoms with Crippen LogP contribution in [-0.4, -0.2) is 15.6 Å². The van der Waals surface area contributed by atoms with Crippen molar-refractivity contribution in [3.63, 3.8) is 0 Å². The van der Waals surface area contributed by atoms with Crippen LogP contribution in [0.25, 0.3) is 0 Å². The molecule has 1 aromatic rings. The summed E-state index contributed by atoms with van der Waals surface area (Å²) < 4.78 is 3.86. The normalized spacial score (nSPS) is 10.8. The quantitative estimate of drug-likeness (QED) is 0.523. The molecular weight excluding hydrogens is 240 g/mol. The van der Waals surface area contributed by atoms with Crippen LogP contribution in [0.1, 0.15) is 57.7 Å². The summed E-state index contributed by atoms with van der Waals surface area (Å²) in [5.41, 5.74) is 0. The maximum atomic E-state index is 10.8. The molecule has 0 aliphatic heterocycles. The molecule has 1 N–H and O–H groups in total. The highest BCUT2D eigenvalue weighted by Crippen LogP contribution is 2.09. The highest BCUT2D eigenvalue weighted by atomic mass is 16.4. The first-order valence-electron chi connectivity index (χ1n) is 7.40. The van der Waals surface area contributed by atoms with E-state index in [1.165, 1.54) is 38.5 Å². The fourth-order valence-electron chi connectivity index (χ4n) is 2.41. The Kier molecular flexibility index (Phi) is 7.23. The highest BCUT2D eigenvalue weighted by Gasteiger charge is 2.16. The highest BCUT2D eigenvalue weighted by molar-refractivity contribution is 5.66. The molecule has 1 rings (SSSR count).